The number of halogens is 2. The molecule has 0 saturated heterocycles. The molecule has 0 saturated carbocycles. The van der Waals surface area contributed by atoms with Crippen molar-refractivity contribution in [2.24, 2.45) is 0 Å². The lowest BCUT2D eigenvalue weighted by atomic mass is 10.1. The fraction of sp³-hybridized carbons (Fsp3) is 0.120. The summed E-state index contributed by atoms with van der Waals surface area (Å²) in [5.74, 6) is -0.368. The van der Waals surface area contributed by atoms with Crippen LogP contribution in [-0.4, -0.2) is 14.1 Å². The molecule has 154 valence electrons. The van der Waals surface area contributed by atoms with Crippen LogP contribution in [0.25, 0.3) is 21.9 Å². The lowest BCUT2D eigenvalue weighted by molar-refractivity contribution is 0.606. The fourth-order valence-corrected chi connectivity index (χ4v) is 4.28. The highest BCUT2D eigenvalue weighted by atomic mass is 35.5. The first-order valence-electron chi connectivity index (χ1n) is 10.0. The molecule has 6 heteroatoms. The molecule has 0 fully saturated rings. The minimum atomic E-state index is -0.368. The van der Waals surface area contributed by atoms with E-state index in [1.165, 1.54) is 12.1 Å². The topological polar surface area (TPSA) is 39.8 Å². The summed E-state index contributed by atoms with van der Waals surface area (Å²) in [4.78, 5) is 18.3. The van der Waals surface area contributed by atoms with Gasteiger partial charge in [0.15, 0.2) is 0 Å². The first-order chi connectivity index (χ1) is 15.0. The quantitative estimate of drug-likeness (QED) is 0.360. The lowest BCUT2D eigenvalue weighted by Crippen LogP contribution is -2.26. The fourth-order valence-electron chi connectivity index (χ4n) is 4.08. The van der Waals surface area contributed by atoms with Crippen LogP contribution in [0.4, 0.5) is 4.39 Å². The van der Waals surface area contributed by atoms with E-state index in [4.69, 9.17) is 11.6 Å². The molecule has 5 aromatic rings. The average Bonchev–Trinajstić information content (AvgIpc) is 3.09. The van der Waals surface area contributed by atoms with E-state index in [9.17, 15) is 9.18 Å². The van der Waals surface area contributed by atoms with Crippen molar-refractivity contribution >= 4 is 33.5 Å². The van der Waals surface area contributed by atoms with E-state index in [0.29, 0.717) is 28.0 Å². The van der Waals surface area contributed by atoms with Gasteiger partial charge in [0, 0.05) is 17.0 Å². The predicted molar refractivity (Wildman–Crippen MR) is 122 cm³/mol. The maximum Gasteiger partial charge on any atom is 0.278 e. The molecule has 0 spiro atoms. The molecule has 2 aromatic heterocycles. The Bertz CT molecular complexity index is 1470. The first-order valence-corrected chi connectivity index (χ1v) is 10.4. The molecule has 3 aromatic carbocycles. The Morgan fingerprint density at radius 3 is 2.55 bits per heavy atom. The summed E-state index contributed by atoms with van der Waals surface area (Å²) in [6.45, 7) is 2.34. The molecule has 0 aliphatic heterocycles. The van der Waals surface area contributed by atoms with Crippen LogP contribution in [0.3, 0.4) is 0 Å². The highest BCUT2D eigenvalue weighted by molar-refractivity contribution is 6.31. The SMILES string of the molecule is C[C@@H](c1ccccc1)n1cnc2c3cc(F)ccc3n(Cc3ccccc3Cl)c2c1=O. The van der Waals surface area contributed by atoms with E-state index >= 15 is 0 Å². The van der Waals surface area contributed by atoms with Crippen molar-refractivity contribution in [3.8, 4) is 0 Å². The molecular weight excluding hydrogens is 413 g/mol. The maximum atomic E-state index is 14.1. The van der Waals surface area contributed by atoms with Gasteiger partial charge in [-0.2, -0.15) is 0 Å². The number of aromatic nitrogens is 3. The van der Waals surface area contributed by atoms with Crippen molar-refractivity contribution in [3.63, 3.8) is 0 Å². The average molecular weight is 432 g/mol. The van der Waals surface area contributed by atoms with Crippen LogP contribution < -0.4 is 5.56 Å². The third-order valence-electron chi connectivity index (χ3n) is 5.73. The lowest BCUT2D eigenvalue weighted by Gasteiger charge is -2.16. The molecular formula is C25H19ClFN3O. The third kappa shape index (κ3) is 3.31. The number of nitrogens with zero attached hydrogens (tertiary/aromatic N) is 3. The number of hydrogen-bond donors (Lipinski definition) is 0. The number of hydrogen-bond acceptors (Lipinski definition) is 2. The summed E-state index contributed by atoms with van der Waals surface area (Å²) >= 11 is 6.40. The molecule has 1 atom stereocenters. The summed E-state index contributed by atoms with van der Waals surface area (Å²) in [5, 5.41) is 1.22. The van der Waals surface area contributed by atoms with Gasteiger partial charge in [0.25, 0.3) is 5.56 Å². The van der Waals surface area contributed by atoms with E-state index < -0.39 is 0 Å². The Kier molecular flexibility index (Phi) is 4.83. The Hall–Kier alpha value is -3.44. The highest BCUT2D eigenvalue weighted by Crippen LogP contribution is 2.29. The van der Waals surface area contributed by atoms with Crippen molar-refractivity contribution in [2.75, 3.05) is 0 Å². The van der Waals surface area contributed by atoms with Gasteiger partial charge in [-0.1, -0.05) is 60.1 Å². The van der Waals surface area contributed by atoms with Gasteiger partial charge in [-0.05, 0) is 42.3 Å². The minimum Gasteiger partial charge on any atom is -0.330 e. The minimum absolute atomic E-state index is 0.176. The van der Waals surface area contributed by atoms with Crippen molar-refractivity contribution in [1.82, 2.24) is 14.1 Å². The van der Waals surface area contributed by atoms with Gasteiger partial charge < -0.3 is 4.57 Å². The normalized spacial score (nSPS) is 12.5. The molecule has 31 heavy (non-hydrogen) atoms. The zero-order valence-electron chi connectivity index (χ0n) is 16.8. The van der Waals surface area contributed by atoms with Crippen molar-refractivity contribution in [1.29, 1.82) is 0 Å². The van der Waals surface area contributed by atoms with E-state index in [0.717, 1.165) is 16.6 Å². The molecule has 0 amide bonds. The van der Waals surface area contributed by atoms with Crippen LogP contribution in [-0.2, 0) is 6.54 Å². The standard InChI is InChI=1S/C25H19ClFN3O/c1-16(17-7-3-2-4-8-17)30-15-28-23-20-13-19(27)11-12-22(20)29(24(23)25(30)31)14-18-9-5-6-10-21(18)26/h2-13,15-16H,14H2,1H3/t16-/m0/s1. The van der Waals surface area contributed by atoms with Crippen molar-refractivity contribution < 1.29 is 4.39 Å². The maximum absolute atomic E-state index is 14.1. The van der Waals surface area contributed by atoms with Gasteiger partial charge in [0.2, 0.25) is 0 Å². The molecule has 0 aliphatic rings. The second-order valence-corrected chi connectivity index (χ2v) is 7.99. The molecule has 5 rings (SSSR count). The first kappa shape index (κ1) is 19.5. The predicted octanol–water partition coefficient (Wildman–Crippen LogP) is 5.80. The van der Waals surface area contributed by atoms with Crippen LogP contribution in [0.2, 0.25) is 5.02 Å². The van der Waals surface area contributed by atoms with Crippen LogP contribution in [0.15, 0.2) is 83.9 Å². The van der Waals surface area contributed by atoms with Crippen LogP contribution in [0, 0.1) is 5.82 Å². The molecule has 0 unspecified atom stereocenters. The Morgan fingerprint density at radius 1 is 1.03 bits per heavy atom. The van der Waals surface area contributed by atoms with Crippen LogP contribution in [0.5, 0.6) is 0 Å². The van der Waals surface area contributed by atoms with E-state index in [2.05, 4.69) is 4.98 Å². The van der Waals surface area contributed by atoms with Crippen LogP contribution >= 0.6 is 11.6 Å². The van der Waals surface area contributed by atoms with Gasteiger partial charge in [0.05, 0.1) is 17.9 Å². The third-order valence-corrected chi connectivity index (χ3v) is 6.10. The monoisotopic (exact) mass is 431 g/mol. The summed E-state index contributed by atoms with van der Waals surface area (Å²) in [5.41, 5.74) is 3.37. The summed E-state index contributed by atoms with van der Waals surface area (Å²) in [7, 11) is 0. The second-order valence-electron chi connectivity index (χ2n) is 7.58. The second kappa shape index (κ2) is 7.67. The smallest absolute Gasteiger partial charge is 0.278 e. The molecule has 0 N–H and O–H groups in total. The zero-order valence-corrected chi connectivity index (χ0v) is 17.6. The van der Waals surface area contributed by atoms with Gasteiger partial charge in [-0.15, -0.1) is 0 Å². The number of rotatable bonds is 4. The highest BCUT2D eigenvalue weighted by Gasteiger charge is 2.20. The molecule has 0 radical (unpaired) electrons. The molecule has 0 bridgehead atoms. The van der Waals surface area contributed by atoms with Crippen molar-refractivity contribution in [3.05, 3.63) is 111 Å². The van der Waals surface area contributed by atoms with Crippen molar-refractivity contribution in [2.45, 2.75) is 19.5 Å². The van der Waals surface area contributed by atoms with Gasteiger partial charge in [-0.25, -0.2) is 9.37 Å². The Morgan fingerprint density at radius 2 is 1.77 bits per heavy atom. The van der Waals surface area contributed by atoms with Gasteiger partial charge >= 0.3 is 0 Å². The largest absolute Gasteiger partial charge is 0.330 e. The number of fused-ring (bicyclic) bond motifs is 3. The van der Waals surface area contributed by atoms with E-state index in [1.54, 1.807) is 17.0 Å². The van der Waals surface area contributed by atoms with Gasteiger partial charge in [0.1, 0.15) is 16.9 Å². The Labute approximate surface area is 183 Å². The van der Waals surface area contributed by atoms with E-state index in [-0.39, 0.29) is 17.4 Å². The summed E-state index contributed by atoms with van der Waals surface area (Å²) < 4.78 is 17.6. The van der Waals surface area contributed by atoms with E-state index in [1.807, 2.05) is 66.1 Å². The summed E-state index contributed by atoms with van der Waals surface area (Å²) in [6.07, 6.45) is 1.55. The number of benzene rings is 3. The van der Waals surface area contributed by atoms with Crippen LogP contribution in [0.1, 0.15) is 24.1 Å². The molecule has 2 heterocycles. The molecule has 4 nitrogen and oxygen atoms in total. The summed E-state index contributed by atoms with van der Waals surface area (Å²) in [6, 6.07) is 21.6. The Balaban J connectivity index is 1.79. The molecule has 0 aliphatic carbocycles. The van der Waals surface area contributed by atoms with Gasteiger partial charge in [-0.3, -0.25) is 9.36 Å². The zero-order chi connectivity index (χ0) is 21.5.